The molecule has 3 aromatic heterocycles. The van der Waals surface area contributed by atoms with Gasteiger partial charge in [-0.05, 0) is 48.7 Å². The van der Waals surface area contributed by atoms with Crippen molar-refractivity contribution in [1.82, 2.24) is 19.4 Å². The first kappa shape index (κ1) is 31.1. The number of aromatic nitrogens is 3. The van der Waals surface area contributed by atoms with Crippen molar-refractivity contribution in [3.8, 4) is 22.9 Å². The number of nitrogens with two attached hydrogens (primary N) is 1. The van der Waals surface area contributed by atoms with E-state index in [9.17, 15) is 19.2 Å². The van der Waals surface area contributed by atoms with Crippen LogP contribution in [-0.2, 0) is 4.79 Å². The molecule has 1 saturated heterocycles. The first-order chi connectivity index (χ1) is 22.0. The number of thiazole rings is 1. The Bertz CT molecular complexity index is 2200. The average Bonchev–Trinajstić information content (AvgIpc) is 3.44. The van der Waals surface area contributed by atoms with E-state index >= 15 is 4.39 Å². The lowest BCUT2D eigenvalue weighted by molar-refractivity contribution is -0.126. The normalized spacial score (nSPS) is 13.5. The molecule has 5 aromatic rings. The van der Waals surface area contributed by atoms with Crippen molar-refractivity contribution in [2.45, 2.75) is 26.7 Å². The molecule has 4 heterocycles. The topological polar surface area (TPSA) is 121 Å². The van der Waals surface area contributed by atoms with Gasteiger partial charge in [-0.15, -0.1) is 0 Å². The van der Waals surface area contributed by atoms with Gasteiger partial charge in [-0.1, -0.05) is 43.4 Å². The molecule has 0 unspecified atom stereocenters. The number of nitriles is 1. The third-order valence-corrected chi connectivity index (χ3v) is 9.49. The minimum atomic E-state index is -0.764. The molecule has 13 heteroatoms. The van der Waals surface area contributed by atoms with Gasteiger partial charge in [0, 0.05) is 48.9 Å². The van der Waals surface area contributed by atoms with Crippen LogP contribution in [0.4, 0.5) is 19.6 Å². The molecule has 1 aliphatic heterocycles. The summed E-state index contributed by atoms with van der Waals surface area (Å²) in [7, 11) is 0. The van der Waals surface area contributed by atoms with Gasteiger partial charge in [-0.2, -0.15) is 5.26 Å². The number of nitrogens with zero attached hydrogens (tertiary/aromatic N) is 6. The molecule has 1 aliphatic rings. The fourth-order valence-electron chi connectivity index (χ4n) is 6.10. The fraction of sp³-hybridized carbons (Fsp3) is 0.242. The van der Waals surface area contributed by atoms with E-state index in [0.717, 1.165) is 11.3 Å². The number of carbonyl (C=O) groups excluding carboxylic acids is 1. The number of piperazine rings is 1. The van der Waals surface area contributed by atoms with E-state index in [0.29, 0.717) is 30.0 Å². The second-order valence-electron chi connectivity index (χ2n) is 11.3. The predicted molar refractivity (Wildman–Crippen MR) is 178 cm³/mol. The molecule has 9 nitrogen and oxygen atoms in total. The minimum Gasteiger partial charge on any atom is -0.375 e. The third-order valence-electron chi connectivity index (χ3n) is 8.23. The van der Waals surface area contributed by atoms with Crippen LogP contribution in [0.3, 0.4) is 0 Å². The van der Waals surface area contributed by atoms with E-state index in [1.54, 1.807) is 22.1 Å². The number of benzene rings is 2. The van der Waals surface area contributed by atoms with E-state index in [2.05, 4.69) is 22.6 Å². The summed E-state index contributed by atoms with van der Waals surface area (Å²) in [6, 6.07) is 7.64. The Labute approximate surface area is 271 Å². The summed E-state index contributed by atoms with van der Waals surface area (Å²) in [4.78, 5) is 39.1. The standard InChI is InChI=1S/C33H28ClF2N7O2S/c1-5-23(44)41-10-12-42(13-11-41)29-19-14-22(36)24(18-6-7-21(35)31-27(18)40-33(38)46-31)25(34)30(19)43(32(45)20(29)15-37)28-17(4)8-9-39-26(28)16(2)3/h5-9,14,16H,1,10-13H2,2-4H3,(H2,38,40). The molecule has 1 fully saturated rings. The number of hydrogen-bond donors (Lipinski definition) is 1. The molecule has 6 rings (SSSR count). The zero-order valence-corrected chi connectivity index (χ0v) is 26.8. The van der Waals surface area contributed by atoms with Gasteiger partial charge in [0.15, 0.2) is 5.13 Å². The maximum Gasteiger partial charge on any atom is 0.275 e. The van der Waals surface area contributed by atoms with E-state index < -0.39 is 17.2 Å². The summed E-state index contributed by atoms with van der Waals surface area (Å²) in [5.74, 6) is -1.70. The highest BCUT2D eigenvalue weighted by molar-refractivity contribution is 7.22. The van der Waals surface area contributed by atoms with Gasteiger partial charge in [0.05, 0.1) is 37.8 Å². The van der Waals surface area contributed by atoms with Crippen LogP contribution in [0, 0.1) is 29.9 Å². The number of nitrogen functional groups attached to an aromatic ring is 1. The van der Waals surface area contributed by atoms with Crippen LogP contribution in [-0.4, -0.2) is 51.5 Å². The molecule has 46 heavy (non-hydrogen) atoms. The first-order valence-corrected chi connectivity index (χ1v) is 15.7. The smallest absolute Gasteiger partial charge is 0.275 e. The number of carbonyl (C=O) groups is 1. The lowest BCUT2D eigenvalue weighted by Gasteiger charge is -2.37. The van der Waals surface area contributed by atoms with Gasteiger partial charge in [-0.25, -0.2) is 13.8 Å². The molecular weight excluding hydrogens is 632 g/mol. The van der Waals surface area contributed by atoms with Crippen molar-refractivity contribution in [3.63, 3.8) is 0 Å². The molecule has 0 radical (unpaired) electrons. The van der Waals surface area contributed by atoms with E-state index in [-0.39, 0.29) is 78.6 Å². The quantitative estimate of drug-likeness (QED) is 0.219. The summed E-state index contributed by atoms with van der Waals surface area (Å²) < 4.78 is 32.8. The Balaban J connectivity index is 1.75. The van der Waals surface area contributed by atoms with Gasteiger partial charge in [0.2, 0.25) is 5.91 Å². The minimum absolute atomic E-state index is 0.0951. The summed E-state index contributed by atoms with van der Waals surface area (Å²) in [6.07, 6.45) is 2.87. The second-order valence-corrected chi connectivity index (χ2v) is 12.7. The van der Waals surface area contributed by atoms with E-state index in [4.69, 9.17) is 17.3 Å². The van der Waals surface area contributed by atoms with Gasteiger partial charge in [0.25, 0.3) is 5.56 Å². The summed E-state index contributed by atoms with van der Waals surface area (Å²) in [5, 5.41) is 10.6. The highest BCUT2D eigenvalue weighted by Crippen LogP contribution is 2.45. The number of hydrogen-bond acceptors (Lipinski definition) is 8. The fourth-order valence-corrected chi connectivity index (χ4v) is 7.25. The number of anilines is 2. The zero-order valence-electron chi connectivity index (χ0n) is 25.2. The maximum absolute atomic E-state index is 16.5. The molecule has 0 bridgehead atoms. The molecule has 0 saturated carbocycles. The van der Waals surface area contributed by atoms with Gasteiger partial charge >= 0.3 is 0 Å². The summed E-state index contributed by atoms with van der Waals surface area (Å²) in [5.41, 5.74) is 7.36. The summed E-state index contributed by atoms with van der Waals surface area (Å²) in [6.45, 7) is 10.4. The number of rotatable bonds is 5. The van der Waals surface area contributed by atoms with Crippen molar-refractivity contribution in [3.05, 3.63) is 86.9 Å². The molecular formula is C33H28ClF2N7O2S. The molecule has 0 aliphatic carbocycles. The highest BCUT2D eigenvalue weighted by atomic mass is 35.5. The molecule has 2 N–H and O–H groups in total. The molecule has 0 spiro atoms. The van der Waals surface area contributed by atoms with Crippen LogP contribution in [0.15, 0.2) is 47.9 Å². The number of amides is 1. The average molecular weight is 660 g/mol. The third kappa shape index (κ3) is 4.87. The van der Waals surface area contributed by atoms with Gasteiger partial charge in [0.1, 0.15) is 23.3 Å². The van der Waals surface area contributed by atoms with Crippen LogP contribution in [0.1, 0.15) is 36.6 Å². The SMILES string of the molecule is C=CC(=O)N1CCN(c2c(C#N)c(=O)n(-c3c(C)ccnc3C(C)C)c3c(Cl)c(-c4ccc(F)c5sc(N)nc45)c(F)cc23)CC1. The molecule has 0 atom stereocenters. The van der Waals surface area contributed by atoms with Crippen LogP contribution >= 0.6 is 22.9 Å². The highest BCUT2D eigenvalue weighted by Gasteiger charge is 2.31. The maximum atomic E-state index is 16.5. The van der Waals surface area contributed by atoms with Crippen molar-refractivity contribution in [2.24, 2.45) is 0 Å². The van der Waals surface area contributed by atoms with E-state index in [1.165, 1.54) is 28.8 Å². The number of fused-ring (bicyclic) bond motifs is 2. The predicted octanol–water partition coefficient (Wildman–Crippen LogP) is 6.31. The Kier molecular flexibility index (Phi) is 8.00. The number of halogens is 3. The Hall–Kier alpha value is -4.86. The largest absolute Gasteiger partial charge is 0.375 e. The van der Waals surface area contributed by atoms with Crippen molar-refractivity contribution in [1.29, 1.82) is 5.26 Å². The molecule has 234 valence electrons. The monoisotopic (exact) mass is 659 g/mol. The van der Waals surface area contributed by atoms with Gasteiger partial charge in [-0.3, -0.25) is 19.1 Å². The summed E-state index contributed by atoms with van der Waals surface area (Å²) >= 11 is 8.12. The Morgan fingerprint density at radius 3 is 2.54 bits per heavy atom. The van der Waals surface area contributed by atoms with Crippen LogP contribution in [0.2, 0.25) is 5.02 Å². The number of aryl methyl sites for hydroxylation is 1. The van der Waals surface area contributed by atoms with Crippen LogP contribution < -0.4 is 16.2 Å². The molecule has 2 aromatic carbocycles. The second kappa shape index (κ2) is 11.8. The lowest BCUT2D eigenvalue weighted by Crippen LogP contribution is -2.49. The Morgan fingerprint density at radius 1 is 1.17 bits per heavy atom. The lowest BCUT2D eigenvalue weighted by atomic mass is 9.97. The first-order valence-electron chi connectivity index (χ1n) is 14.5. The van der Waals surface area contributed by atoms with Crippen LogP contribution in [0.5, 0.6) is 0 Å². The van der Waals surface area contributed by atoms with Gasteiger partial charge < -0.3 is 15.5 Å². The number of pyridine rings is 2. The van der Waals surface area contributed by atoms with E-state index in [1.807, 2.05) is 20.8 Å². The van der Waals surface area contributed by atoms with Crippen molar-refractivity contribution >= 4 is 60.8 Å². The Morgan fingerprint density at radius 2 is 1.89 bits per heavy atom. The molecule has 1 amide bonds. The van der Waals surface area contributed by atoms with Crippen molar-refractivity contribution < 1.29 is 13.6 Å². The van der Waals surface area contributed by atoms with Crippen LogP contribution in [0.25, 0.3) is 37.9 Å². The van der Waals surface area contributed by atoms with Crippen molar-refractivity contribution in [2.75, 3.05) is 36.8 Å². The zero-order chi connectivity index (χ0) is 33.0.